The second-order valence-electron chi connectivity index (χ2n) is 4.57. The minimum absolute atomic E-state index is 0.0579. The van der Waals surface area contributed by atoms with Crippen molar-refractivity contribution in [2.75, 3.05) is 0 Å². The molecule has 0 radical (unpaired) electrons. The van der Waals surface area contributed by atoms with E-state index in [-0.39, 0.29) is 11.9 Å². The van der Waals surface area contributed by atoms with Crippen molar-refractivity contribution >= 4 is 0 Å². The fourth-order valence-corrected chi connectivity index (χ4v) is 2.09. The van der Waals surface area contributed by atoms with E-state index in [0.717, 1.165) is 24.0 Å². The molecule has 0 aliphatic carbocycles. The Morgan fingerprint density at radius 3 is 2.71 bits per heavy atom. The van der Waals surface area contributed by atoms with Gasteiger partial charge in [0.05, 0.1) is 0 Å². The second kappa shape index (κ2) is 7.41. The Morgan fingerprint density at radius 2 is 2.06 bits per heavy atom. The van der Waals surface area contributed by atoms with Crippen LogP contribution in [-0.2, 0) is 0 Å². The van der Waals surface area contributed by atoms with Gasteiger partial charge in [-0.05, 0) is 36.6 Å². The molecule has 1 atom stereocenters. The lowest BCUT2D eigenvalue weighted by atomic mass is 9.96. The summed E-state index contributed by atoms with van der Waals surface area (Å²) in [6, 6.07) is 4.94. The molecule has 0 aromatic heterocycles. The first-order valence-corrected chi connectivity index (χ1v) is 6.41. The van der Waals surface area contributed by atoms with Crippen molar-refractivity contribution in [3.8, 4) is 0 Å². The van der Waals surface area contributed by atoms with Crippen LogP contribution in [0.1, 0.15) is 56.2 Å². The highest BCUT2D eigenvalue weighted by Crippen LogP contribution is 2.23. The third-order valence-corrected chi connectivity index (χ3v) is 3.16. The topological polar surface area (TPSA) is 38.0 Å². The Labute approximate surface area is 103 Å². The number of benzene rings is 1. The highest BCUT2D eigenvalue weighted by Gasteiger charge is 2.12. The fourth-order valence-electron chi connectivity index (χ4n) is 2.09. The van der Waals surface area contributed by atoms with Gasteiger partial charge in [-0.2, -0.15) is 0 Å². The Balaban J connectivity index is 2.62. The normalized spacial score (nSPS) is 12.7. The third-order valence-electron chi connectivity index (χ3n) is 3.16. The number of hydrogen-bond donors (Lipinski definition) is 2. The summed E-state index contributed by atoms with van der Waals surface area (Å²) in [5.74, 6) is 5.37. The summed E-state index contributed by atoms with van der Waals surface area (Å²) in [4.78, 5) is 0. The van der Waals surface area contributed by atoms with Crippen molar-refractivity contribution in [1.29, 1.82) is 0 Å². The van der Waals surface area contributed by atoms with Crippen molar-refractivity contribution in [1.82, 2.24) is 5.43 Å². The van der Waals surface area contributed by atoms with E-state index >= 15 is 0 Å². The largest absolute Gasteiger partial charge is 0.271 e. The van der Waals surface area contributed by atoms with Crippen molar-refractivity contribution in [2.24, 2.45) is 5.84 Å². The number of hydrazine groups is 1. The number of halogens is 1. The molecule has 1 aromatic rings. The molecule has 0 saturated carbocycles. The molecule has 96 valence electrons. The van der Waals surface area contributed by atoms with Crippen LogP contribution in [0.25, 0.3) is 0 Å². The highest BCUT2D eigenvalue weighted by atomic mass is 19.1. The first-order valence-electron chi connectivity index (χ1n) is 6.41. The number of nitrogens with two attached hydrogens (primary N) is 1. The Hall–Kier alpha value is -0.930. The summed E-state index contributed by atoms with van der Waals surface area (Å²) in [6.45, 7) is 4.18. The third kappa shape index (κ3) is 4.44. The molecule has 1 rings (SSSR count). The smallest absolute Gasteiger partial charge is 0.123 e. The molecule has 3 heteroatoms. The lowest BCUT2D eigenvalue weighted by molar-refractivity contribution is 0.477. The van der Waals surface area contributed by atoms with E-state index in [1.54, 1.807) is 12.1 Å². The van der Waals surface area contributed by atoms with Crippen molar-refractivity contribution < 1.29 is 4.39 Å². The zero-order valence-electron chi connectivity index (χ0n) is 10.8. The van der Waals surface area contributed by atoms with Gasteiger partial charge in [-0.3, -0.25) is 11.3 Å². The lowest BCUT2D eigenvalue weighted by Crippen LogP contribution is -2.28. The fraction of sp³-hybridized carbons (Fsp3) is 0.571. The lowest BCUT2D eigenvalue weighted by Gasteiger charge is -2.18. The molecule has 0 spiro atoms. The van der Waals surface area contributed by atoms with E-state index in [0.29, 0.717) is 0 Å². The van der Waals surface area contributed by atoms with Gasteiger partial charge in [0.25, 0.3) is 0 Å². The van der Waals surface area contributed by atoms with Crippen molar-refractivity contribution in [3.05, 3.63) is 35.1 Å². The van der Waals surface area contributed by atoms with Gasteiger partial charge in [-0.1, -0.05) is 38.7 Å². The van der Waals surface area contributed by atoms with Crippen LogP contribution >= 0.6 is 0 Å². The summed E-state index contributed by atoms with van der Waals surface area (Å²) in [5, 5.41) is 0. The minimum atomic E-state index is -0.195. The van der Waals surface area contributed by atoms with Gasteiger partial charge in [0.15, 0.2) is 0 Å². The van der Waals surface area contributed by atoms with Crippen LogP contribution in [0.15, 0.2) is 18.2 Å². The monoisotopic (exact) mass is 238 g/mol. The van der Waals surface area contributed by atoms with Gasteiger partial charge >= 0.3 is 0 Å². The molecule has 0 bridgehead atoms. The maximum absolute atomic E-state index is 13.2. The molecule has 2 nitrogen and oxygen atoms in total. The van der Waals surface area contributed by atoms with Gasteiger partial charge in [-0.15, -0.1) is 0 Å². The van der Waals surface area contributed by atoms with Crippen molar-refractivity contribution in [3.63, 3.8) is 0 Å². The van der Waals surface area contributed by atoms with Gasteiger partial charge < -0.3 is 0 Å². The SMILES string of the molecule is CCCCCCC(NN)c1cc(F)ccc1C. The van der Waals surface area contributed by atoms with Crippen LogP contribution in [0.3, 0.4) is 0 Å². The first-order chi connectivity index (χ1) is 8.19. The molecule has 1 aromatic carbocycles. The quantitative estimate of drug-likeness (QED) is 0.432. The molecule has 3 N–H and O–H groups in total. The second-order valence-corrected chi connectivity index (χ2v) is 4.57. The zero-order chi connectivity index (χ0) is 12.7. The summed E-state index contributed by atoms with van der Waals surface area (Å²) < 4.78 is 13.2. The van der Waals surface area contributed by atoms with E-state index in [1.165, 1.54) is 25.3 Å². The standard InChI is InChI=1S/C14H23FN2/c1-3-4-5-6-7-14(17-16)13-10-12(15)9-8-11(13)2/h8-10,14,17H,3-7,16H2,1-2H3. The molecule has 0 aliphatic heterocycles. The van der Waals surface area contributed by atoms with E-state index in [1.807, 2.05) is 6.92 Å². The highest BCUT2D eigenvalue weighted by molar-refractivity contribution is 5.29. The Bertz CT molecular complexity index is 339. The van der Waals surface area contributed by atoms with Gasteiger partial charge in [0.1, 0.15) is 5.82 Å². The summed E-state index contributed by atoms with van der Waals surface area (Å²) in [5.41, 5.74) is 4.86. The molecule has 0 saturated heterocycles. The van der Waals surface area contributed by atoms with Gasteiger partial charge in [0, 0.05) is 6.04 Å². The molecule has 0 fully saturated rings. The van der Waals surface area contributed by atoms with E-state index in [4.69, 9.17) is 5.84 Å². The predicted octanol–water partition coefficient (Wildman–Crippen LogP) is 3.61. The Kier molecular flexibility index (Phi) is 6.16. The number of unbranched alkanes of at least 4 members (excludes halogenated alkanes) is 3. The molecule has 0 aliphatic rings. The van der Waals surface area contributed by atoms with Crippen LogP contribution in [0.5, 0.6) is 0 Å². The van der Waals surface area contributed by atoms with Crippen molar-refractivity contribution in [2.45, 2.75) is 52.0 Å². The maximum atomic E-state index is 13.2. The number of nitrogens with one attached hydrogen (secondary N) is 1. The van der Waals surface area contributed by atoms with Gasteiger partial charge in [0.2, 0.25) is 0 Å². The predicted molar refractivity (Wildman–Crippen MR) is 70.0 cm³/mol. The molecule has 1 unspecified atom stereocenters. The van der Waals surface area contributed by atoms with Crippen LogP contribution in [0.2, 0.25) is 0 Å². The number of hydrogen-bond acceptors (Lipinski definition) is 2. The number of aryl methyl sites for hydroxylation is 1. The minimum Gasteiger partial charge on any atom is -0.271 e. The average molecular weight is 238 g/mol. The van der Waals surface area contributed by atoms with E-state index in [9.17, 15) is 4.39 Å². The average Bonchev–Trinajstić information content (AvgIpc) is 2.33. The summed E-state index contributed by atoms with van der Waals surface area (Å²) >= 11 is 0. The maximum Gasteiger partial charge on any atom is 0.123 e. The van der Waals surface area contributed by atoms with Crippen LogP contribution in [0, 0.1) is 12.7 Å². The molecule has 17 heavy (non-hydrogen) atoms. The van der Waals surface area contributed by atoms with Crippen LogP contribution in [-0.4, -0.2) is 0 Å². The first kappa shape index (κ1) is 14.1. The van der Waals surface area contributed by atoms with Crippen LogP contribution in [0.4, 0.5) is 4.39 Å². The molecular weight excluding hydrogens is 215 g/mol. The molecule has 0 amide bonds. The van der Waals surface area contributed by atoms with Gasteiger partial charge in [-0.25, -0.2) is 4.39 Å². The summed E-state index contributed by atoms with van der Waals surface area (Å²) in [6.07, 6.45) is 5.77. The summed E-state index contributed by atoms with van der Waals surface area (Å²) in [7, 11) is 0. The number of rotatable bonds is 7. The van der Waals surface area contributed by atoms with E-state index in [2.05, 4.69) is 12.3 Å². The van der Waals surface area contributed by atoms with Crippen LogP contribution < -0.4 is 11.3 Å². The van der Waals surface area contributed by atoms with E-state index < -0.39 is 0 Å². The Morgan fingerprint density at radius 1 is 1.29 bits per heavy atom. The zero-order valence-corrected chi connectivity index (χ0v) is 10.8. The molecule has 0 heterocycles. The molecular formula is C14H23FN2.